The molecule has 0 bridgehead atoms. The van der Waals surface area contributed by atoms with E-state index in [4.69, 9.17) is 0 Å². The number of fused-ring (bicyclic) bond motifs is 1. The molecule has 6 nitrogen and oxygen atoms in total. The lowest BCUT2D eigenvalue weighted by molar-refractivity contribution is 0.251. The summed E-state index contributed by atoms with van der Waals surface area (Å²) in [6.45, 7) is 0.723. The summed E-state index contributed by atoms with van der Waals surface area (Å²) in [6, 6.07) is 14.8. The maximum absolute atomic E-state index is 13.3. The molecule has 0 aliphatic rings. The first kappa shape index (κ1) is 18.5. The third kappa shape index (κ3) is 4.21. The summed E-state index contributed by atoms with van der Waals surface area (Å²) in [5, 5.41) is 5.40. The number of benzene rings is 2. The van der Waals surface area contributed by atoms with Crippen LogP contribution in [0.5, 0.6) is 0 Å². The van der Waals surface area contributed by atoms with E-state index in [1.807, 2.05) is 10.6 Å². The van der Waals surface area contributed by atoms with Crippen LogP contribution in [0.4, 0.5) is 19.3 Å². The third-order valence-electron chi connectivity index (χ3n) is 4.33. The van der Waals surface area contributed by atoms with E-state index in [9.17, 15) is 13.6 Å². The minimum absolute atomic E-state index is 0.309. The van der Waals surface area contributed by atoms with E-state index in [0.717, 1.165) is 5.56 Å². The first-order chi connectivity index (χ1) is 14.1. The van der Waals surface area contributed by atoms with Gasteiger partial charge in [0.1, 0.15) is 23.0 Å². The Hall–Kier alpha value is -3.81. The number of aromatic nitrogens is 3. The lowest BCUT2D eigenvalue weighted by atomic mass is 10.2. The highest BCUT2D eigenvalue weighted by Crippen LogP contribution is 2.23. The van der Waals surface area contributed by atoms with Crippen LogP contribution in [0.2, 0.25) is 0 Å². The van der Waals surface area contributed by atoms with Gasteiger partial charge >= 0.3 is 6.03 Å². The Morgan fingerprint density at radius 2 is 1.66 bits per heavy atom. The summed E-state index contributed by atoms with van der Waals surface area (Å²) in [5.41, 5.74) is 2.63. The molecule has 0 atom stereocenters. The highest BCUT2D eigenvalue weighted by Gasteiger charge is 2.13. The predicted octanol–water partition coefficient (Wildman–Crippen LogP) is 4.20. The Morgan fingerprint density at radius 1 is 0.966 bits per heavy atom. The molecule has 0 unspecified atom stereocenters. The molecule has 2 aromatic carbocycles. The maximum atomic E-state index is 13.3. The van der Waals surface area contributed by atoms with Crippen LogP contribution in [-0.4, -0.2) is 27.1 Å². The zero-order valence-corrected chi connectivity index (χ0v) is 15.3. The number of nitrogens with one attached hydrogen (secondary N) is 2. The van der Waals surface area contributed by atoms with Gasteiger partial charge in [-0.05, 0) is 60.7 Å². The van der Waals surface area contributed by atoms with Gasteiger partial charge in [0.05, 0.1) is 0 Å². The molecule has 2 amide bonds. The fraction of sp³-hybridized carbons (Fsp3) is 0.0952. The molecule has 0 saturated heterocycles. The van der Waals surface area contributed by atoms with Gasteiger partial charge in [-0.1, -0.05) is 0 Å². The zero-order chi connectivity index (χ0) is 20.2. The molecule has 0 aliphatic heterocycles. The van der Waals surface area contributed by atoms with Crippen LogP contribution in [0.25, 0.3) is 22.6 Å². The summed E-state index contributed by atoms with van der Waals surface area (Å²) in [5.74, 6) is -0.0584. The number of hydrogen-bond acceptors (Lipinski definition) is 3. The largest absolute Gasteiger partial charge is 0.336 e. The summed E-state index contributed by atoms with van der Waals surface area (Å²) in [7, 11) is 0. The first-order valence-corrected chi connectivity index (χ1v) is 8.98. The number of halogens is 2. The standard InChI is InChI=1S/C21H17F2N5O/c22-15-5-3-14(4-6-15)19-27-18-2-1-11-24-20(18)28(19)13-12-25-21(29)26-17-9-7-16(23)8-10-17/h1-11H,12-13H2,(H2,25,26,29). The molecule has 0 saturated carbocycles. The monoisotopic (exact) mass is 393 g/mol. The van der Waals surface area contributed by atoms with Crippen molar-refractivity contribution in [3.63, 3.8) is 0 Å². The number of rotatable bonds is 5. The van der Waals surface area contributed by atoms with Gasteiger partial charge in [0, 0.05) is 30.5 Å². The van der Waals surface area contributed by atoms with Gasteiger partial charge < -0.3 is 15.2 Å². The van der Waals surface area contributed by atoms with Crippen molar-refractivity contribution in [3.8, 4) is 11.4 Å². The van der Waals surface area contributed by atoms with Crippen molar-refractivity contribution in [1.82, 2.24) is 19.9 Å². The second-order valence-electron chi connectivity index (χ2n) is 6.33. The molecule has 146 valence electrons. The van der Waals surface area contributed by atoms with Gasteiger partial charge in [-0.25, -0.2) is 23.5 Å². The molecule has 0 fully saturated rings. The summed E-state index contributed by atoms with van der Waals surface area (Å²) < 4.78 is 28.1. The van der Waals surface area contributed by atoms with Crippen molar-refractivity contribution in [2.24, 2.45) is 0 Å². The minimum Gasteiger partial charge on any atom is -0.336 e. The van der Waals surface area contributed by atoms with Crippen LogP contribution in [0, 0.1) is 11.6 Å². The predicted molar refractivity (Wildman–Crippen MR) is 106 cm³/mol. The fourth-order valence-electron chi connectivity index (χ4n) is 2.98. The van der Waals surface area contributed by atoms with Crippen LogP contribution in [0.1, 0.15) is 0 Å². The number of amides is 2. The van der Waals surface area contributed by atoms with Crippen molar-refractivity contribution >= 4 is 22.9 Å². The molecule has 29 heavy (non-hydrogen) atoms. The summed E-state index contributed by atoms with van der Waals surface area (Å²) in [4.78, 5) is 21.1. The number of hydrogen-bond donors (Lipinski definition) is 2. The molecule has 4 rings (SSSR count). The molecule has 0 radical (unpaired) electrons. The second kappa shape index (κ2) is 8.05. The molecule has 0 spiro atoms. The molecule has 8 heteroatoms. The topological polar surface area (TPSA) is 71.8 Å². The van der Waals surface area contributed by atoms with Gasteiger partial charge in [-0.3, -0.25) is 0 Å². The van der Waals surface area contributed by atoms with Crippen molar-refractivity contribution in [3.05, 3.63) is 78.5 Å². The Labute approximate surface area is 165 Å². The Bertz CT molecular complexity index is 1140. The highest BCUT2D eigenvalue weighted by atomic mass is 19.1. The minimum atomic E-state index is -0.405. The number of nitrogens with zero attached hydrogens (tertiary/aromatic N) is 3. The average molecular weight is 393 g/mol. The van der Waals surface area contributed by atoms with Crippen LogP contribution in [0.3, 0.4) is 0 Å². The molecular formula is C21H17F2N5O. The Balaban J connectivity index is 1.49. The first-order valence-electron chi connectivity index (χ1n) is 8.98. The van der Waals surface area contributed by atoms with Crippen molar-refractivity contribution in [2.45, 2.75) is 6.54 Å². The Kier molecular flexibility index (Phi) is 5.15. The highest BCUT2D eigenvalue weighted by molar-refractivity contribution is 5.89. The molecule has 2 heterocycles. The van der Waals surface area contributed by atoms with Crippen LogP contribution in [0.15, 0.2) is 66.9 Å². The third-order valence-corrected chi connectivity index (χ3v) is 4.33. The van der Waals surface area contributed by atoms with E-state index in [0.29, 0.717) is 35.8 Å². The smallest absolute Gasteiger partial charge is 0.319 e. The van der Waals surface area contributed by atoms with Crippen LogP contribution < -0.4 is 10.6 Å². The normalized spacial score (nSPS) is 10.8. The number of anilines is 1. The maximum Gasteiger partial charge on any atom is 0.319 e. The van der Waals surface area contributed by atoms with E-state index in [1.165, 1.54) is 36.4 Å². The van der Waals surface area contributed by atoms with E-state index in [-0.39, 0.29) is 11.6 Å². The molecular weight excluding hydrogens is 376 g/mol. The average Bonchev–Trinajstić information content (AvgIpc) is 3.09. The van der Waals surface area contributed by atoms with Crippen LogP contribution in [-0.2, 0) is 6.54 Å². The lowest BCUT2D eigenvalue weighted by Gasteiger charge is -2.11. The van der Waals surface area contributed by atoms with Gasteiger partial charge in [-0.15, -0.1) is 0 Å². The number of carbonyl (C=O) groups excluding carboxylic acids is 1. The van der Waals surface area contributed by atoms with Gasteiger partial charge in [-0.2, -0.15) is 0 Å². The zero-order valence-electron chi connectivity index (χ0n) is 15.3. The van der Waals surface area contributed by atoms with Gasteiger partial charge in [0.15, 0.2) is 5.65 Å². The number of urea groups is 1. The van der Waals surface area contributed by atoms with Crippen molar-refractivity contribution in [1.29, 1.82) is 0 Å². The van der Waals surface area contributed by atoms with Gasteiger partial charge in [0.25, 0.3) is 0 Å². The van der Waals surface area contributed by atoms with E-state index >= 15 is 0 Å². The number of pyridine rings is 1. The van der Waals surface area contributed by atoms with Crippen molar-refractivity contribution in [2.75, 3.05) is 11.9 Å². The molecule has 0 aliphatic carbocycles. The molecule has 4 aromatic rings. The van der Waals surface area contributed by atoms with E-state index < -0.39 is 6.03 Å². The van der Waals surface area contributed by atoms with Gasteiger partial charge in [0.2, 0.25) is 0 Å². The van der Waals surface area contributed by atoms with E-state index in [2.05, 4.69) is 20.6 Å². The summed E-state index contributed by atoms with van der Waals surface area (Å²) in [6.07, 6.45) is 1.67. The fourth-order valence-corrected chi connectivity index (χ4v) is 2.98. The second-order valence-corrected chi connectivity index (χ2v) is 6.33. The lowest BCUT2D eigenvalue weighted by Crippen LogP contribution is -2.31. The molecule has 2 N–H and O–H groups in total. The van der Waals surface area contributed by atoms with Crippen LogP contribution >= 0.6 is 0 Å². The Morgan fingerprint density at radius 3 is 2.38 bits per heavy atom. The SMILES string of the molecule is O=C(NCCn1c(-c2ccc(F)cc2)nc2cccnc21)Nc1ccc(F)cc1. The van der Waals surface area contributed by atoms with Crippen molar-refractivity contribution < 1.29 is 13.6 Å². The number of imidazole rings is 1. The quantitative estimate of drug-likeness (QED) is 0.534. The molecule has 2 aromatic heterocycles. The summed E-state index contributed by atoms with van der Waals surface area (Å²) >= 11 is 0. The number of carbonyl (C=O) groups is 1. The van der Waals surface area contributed by atoms with E-state index in [1.54, 1.807) is 24.4 Å².